The van der Waals surface area contributed by atoms with Crippen LogP contribution < -0.4 is 19.5 Å². The third kappa shape index (κ3) is 6.73. The van der Waals surface area contributed by atoms with Crippen molar-refractivity contribution in [1.82, 2.24) is 0 Å². The van der Waals surface area contributed by atoms with Gasteiger partial charge in [0.15, 0.2) is 6.10 Å². The molecule has 0 unspecified atom stereocenters. The highest BCUT2D eigenvalue weighted by Crippen LogP contribution is 2.21. The highest BCUT2D eigenvalue weighted by atomic mass is 32.2. The van der Waals surface area contributed by atoms with E-state index in [-0.39, 0.29) is 10.8 Å². The topological polar surface area (TPSA) is 93.7 Å². The summed E-state index contributed by atoms with van der Waals surface area (Å²) < 4.78 is 39.0. The summed E-state index contributed by atoms with van der Waals surface area (Å²) in [5.74, 6) is 0.975. The van der Waals surface area contributed by atoms with Crippen LogP contribution in [0, 0.1) is 6.92 Å². The van der Waals surface area contributed by atoms with Crippen LogP contribution in [0.1, 0.15) is 25.8 Å². The molecule has 0 heterocycles. The SMILES string of the molecule is CCOc1ccc(NS(=O)(=O)c2ccc(NC(=O)[C@@H](CC)Oc3ccc(C)cc3)cc2)cc1. The van der Waals surface area contributed by atoms with Crippen LogP contribution in [0.5, 0.6) is 11.5 Å². The molecule has 0 aliphatic heterocycles. The van der Waals surface area contributed by atoms with Crippen LogP contribution >= 0.6 is 0 Å². The molecule has 0 aliphatic carbocycles. The van der Waals surface area contributed by atoms with Crippen LogP contribution in [-0.4, -0.2) is 27.0 Å². The number of hydrogen-bond acceptors (Lipinski definition) is 5. The van der Waals surface area contributed by atoms with Gasteiger partial charge in [-0.2, -0.15) is 0 Å². The number of aryl methyl sites for hydroxylation is 1. The Hall–Kier alpha value is -3.52. The average Bonchev–Trinajstić information content (AvgIpc) is 2.80. The van der Waals surface area contributed by atoms with Crippen molar-refractivity contribution in [3.05, 3.63) is 78.4 Å². The number of anilines is 2. The average molecular weight is 469 g/mol. The van der Waals surface area contributed by atoms with E-state index in [2.05, 4.69) is 10.0 Å². The zero-order chi connectivity index (χ0) is 23.8. The molecule has 0 saturated carbocycles. The largest absolute Gasteiger partial charge is 0.494 e. The van der Waals surface area contributed by atoms with Gasteiger partial charge in [0.05, 0.1) is 11.5 Å². The number of ether oxygens (including phenoxy) is 2. The number of nitrogens with one attached hydrogen (secondary N) is 2. The first-order valence-electron chi connectivity index (χ1n) is 10.7. The molecule has 0 aliphatic rings. The van der Waals surface area contributed by atoms with Crippen molar-refractivity contribution in [3.8, 4) is 11.5 Å². The van der Waals surface area contributed by atoms with Crippen molar-refractivity contribution < 1.29 is 22.7 Å². The summed E-state index contributed by atoms with van der Waals surface area (Å²) in [6.07, 6.45) is -0.185. The fraction of sp³-hybridized carbons (Fsp3) is 0.240. The smallest absolute Gasteiger partial charge is 0.265 e. The molecule has 8 heteroatoms. The second kappa shape index (κ2) is 10.9. The summed E-state index contributed by atoms with van der Waals surface area (Å²) in [4.78, 5) is 12.7. The number of benzene rings is 3. The highest BCUT2D eigenvalue weighted by Gasteiger charge is 2.19. The fourth-order valence-corrected chi connectivity index (χ4v) is 4.10. The van der Waals surface area contributed by atoms with E-state index in [1.54, 1.807) is 36.4 Å². The molecule has 3 aromatic rings. The van der Waals surface area contributed by atoms with Crippen molar-refractivity contribution in [1.29, 1.82) is 0 Å². The maximum atomic E-state index is 12.7. The van der Waals surface area contributed by atoms with Gasteiger partial charge in [-0.05, 0) is 80.9 Å². The van der Waals surface area contributed by atoms with Crippen LogP contribution in [0.15, 0.2) is 77.7 Å². The third-order valence-corrected chi connectivity index (χ3v) is 6.21. The number of carbonyl (C=O) groups excluding carboxylic acids is 1. The molecule has 0 fully saturated rings. The van der Waals surface area contributed by atoms with Crippen molar-refractivity contribution in [2.24, 2.45) is 0 Å². The molecule has 3 rings (SSSR count). The Morgan fingerprint density at radius 3 is 2.00 bits per heavy atom. The van der Waals surface area contributed by atoms with E-state index in [1.807, 2.05) is 45.0 Å². The predicted octanol–water partition coefficient (Wildman–Crippen LogP) is 4.99. The zero-order valence-electron chi connectivity index (χ0n) is 18.9. The van der Waals surface area contributed by atoms with Gasteiger partial charge in [-0.25, -0.2) is 8.42 Å². The standard InChI is InChI=1S/C25H28N2O5S/c1-4-24(32-22-12-6-18(3)7-13-22)25(28)26-19-10-16-23(17-11-19)33(29,30)27-20-8-14-21(15-9-20)31-5-2/h6-17,24,27H,4-5H2,1-3H3,(H,26,28)/t24-/m1/s1. The Balaban J connectivity index is 1.63. The Labute approximate surface area is 194 Å². The van der Waals surface area contributed by atoms with Crippen molar-refractivity contribution in [2.75, 3.05) is 16.6 Å². The second-order valence-corrected chi connectivity index (χ2v) is 9.09. The van der Waals surface area contributed by atoms with Crippen LogP contribution in [0.3, 0.4) is 0 Å². The minimum atomic E-state index is -3.78. The van der Waals surface area contributed by atoms with E-state index in [0.29, 0.717) is 35.9 Å². The molecule has 2 N–H and O–H groups in total. The van der Waals surface area contributed by atoms with Crippen molar-refractivity contribution >= 4 is 27.3 Å². The lowest BCUT2D eigenvalue weighted by atomic mass is 10.2. The lowest BCUT2D eigenvalue weighted by Crippen LogP contribution is -2.32. The summed E-state index contributed by atoms with van der Waals surface area (Å²) in [5.41, 5.74) is 2.01. The Kier molecular flexibility index (Phi) is 7.95. The molecule has 0 bridgehead atoms. The molecule has 7 nitrogen and oxygen atoms in total. The minimum Gasteiger partial charge on any atom is -0.494 e. The molecule has 0 aromatic heterocycles. The van der Waals surface area contributed by atoms with Gasteiger partial charge >= 0.3 is 0 Å². The number of sulfonamides is 1. The van der Waals surface area contributed by atoms with Crippen LogP contribution in [-0.2, 0) is 14.8 Å². The van der Waals surface area contributed by atoms with Gasteiger partial charge in [-0.3, -0.25) is 9.52 Å². The molecular weight excluding hydrogens is 440 g/mol. The first kappa shape index (κ1) is 24.1. The molecule has 0 saturated heterocycles. The highest BCUT2D eigenvalue weighted by molar-refractivity contribution is 7.92. The predicted molar refractivity (Wildman–Crippen MR) is 129 cm³/mol. The quantitative estimate of drug-likeness (QED) is 0.437. The lowest BCUT2D eigenvalue weighted by Gasteiger charge is -2.17. The van der Waals surface area contributed by atoms with Gasteiger partial charge in [0.2, 0.25) is 0 Å². The normalized spacial score (nSPS) is 12.0. The first-order valence-corrected chi connectivity index (χ1v) is 12.2. The van der Waals surface area contributed by atoms with E-state index < -0.39 is 16.1 Å². The minimum absolute atomic E-state index is 0.0809. The maximum absolute atomic E-state index is 12.7. The molecule has 33 heavy (non-hydrogen) atoms. The molecule has 3 aromatic carbocycles. The number of rotatable bonds is 10. The van der Waals surface area contributed by atoms with Gasteiger partial charge in [0.1, 0.15) is 11.5 Å². The Bertz CT molecular complexity index is 1160. The Morgan fingerprint density at radius 1 is 0.848 bits per heavy atom. The van der Waals surface area contributed by atoms with Gasteiger partial charge < -0.3 is 14.8 Å². The van der Waals surface area contributed by atoms with E-state index in [0.717, 1.165) is 5.56 Å². The molecule has 1 atom stereocenters. The molecule has 0 spiro atoms. The van der Waals surface area contributed by atoms with Gasteiger partial charge in [0.25, 0.3) is 15.9 Å². The second-order valence-electron chi connectivity index (χ2n) is 7.40. The maximum Gasteiger partial charge on any atom is 0.265 e. The van der Waals surface area contributed by atoms with Crippen LogP contribution in [0.4, 0.5) is 11.4 Å². The fourth-order valence-electron chi connectivity index (χ4n) is 3.04. The van der Waals surface area contributed by atoms with Crippen LogP contribution in [0.2, 0.25) is 0 Å². The summed E-state index contributed by atoms with van der Waals surface area (Å²) in [6, 6.07) is 20.1. The Morgan fingerprint density at radius 2 is 1.42 bits per heavy atom. The van der Waals surface area contributed by atoms with Gasteiger partial charge in [-0.1, -0.05) is 24.6 Å². The third-order valence-electron chi connectivity index (χ3n) is 4.81. The van der Waals surface area contributed by atoms with Crippen LogP contribution in [0.25, 0.3) is 0 Å². The van der Waals surface area contributed by atoms with Gasteiger partial charge in [0, 0.05) is 11.4 Å². The summed E-state index contributed by atoms with van der Waals surface area (Å²) in [7, 11) is -3.78. The summed E-state index contributed by atoms with van der Waals surface area (Å²) in [5, 5.41) is 2.78. The zero-order valence-corrected chi connectivity index (χ0v) is 19.7. The lowest BCUT2D eigenvalue weighted by molar-refractivity contribution is -0.122. The number of amides is 1. The number of hydrogen-bond donors (Lipinski definition) is 2. The van der Waals surface area contributed by atoms with E-state index >= 15 is 0 Å². The monoisotopic (exact) mass is 468 g/mol. The van der Waals surface area contributed by atoms with E-state index in [1.165, 1.54) is 12.1 Å². The number of carbonyl (C=O) groups is 1. The molecule has 0 radical (unpaired) electrons. The molecule has 174 valence electrons. The summed E-state index contributed by atoms with van der Waals surface area (Å²) in [6.45, 7) is 6.25. The molecular formula is C25H28N2O5S. The summed E-state index contributed by atoms with van der Waals surface area (Å²) >= 11 is 0. The first-order chi connectivity index (χ1) is 15.8. The van der Waals surface area contributed by atoms with E-state index in [9.17, 15) is 13.2 Å². The van der Waals surface area contributed by atoms with Crippen molar-refractivity contribution in [2.45, 2.75) is 38.2 Å². The molecule has 1 amide bonds. The van der Waals surface area contributed by atoms with E-state index in [4.69, 9.17) is 9.47 Å². The van der Waals surface area contributed by atoms with Crippen molar-refractivity contribution in [3.63, 3.8) is 0 Å². The van der Waals surface area contributed by atoms with Gasteiger partial charge in [-0.15, -0.1) is 0 Å².